The van der Waals surface area contributed by atoms with Crippen LogP contribution in [0.2, 0.25) is 0 Å². The molecule has 128 valence electrons. The fourth-order valence-electron chi connectivity index (χ4n) is 3.81. The first-order valence-electron chi connectivity index (χ1n) is 8.74. The summed E-state index contributed by atoms with van der Waals surface area (Å²) < 4.78 is 0. The molecule has 0 aromatic rings. The number of nitrogens with zero attached hydrogens (tertiary/aromatic N) is 2. The van der Waals surface area contributed by atoms with E-state index in [1.54, 1.807) is 4.90 Å². The summed E-state index contributed by atoms with van der Waals surface area (Å²) in [6.07, 6.45) is 2.62. The van der Waals surface area contributed by atoms with E-state index in [4.69, 9.17) is 0 Å². The van der Waals surface area contributed by atoms with Crippen LogP contribution in [-0.2, 0) is 0 Å². The summed E-state index contributed by atoms with van der Waals surface area (Å²) in [5.74, 6) is 1.44. The second kappa shape index (κ2) is 7.18. The van der Waals surface area contributed by atoms with Crippen LogP contribution in [0.25, 0.3) is 0 Å². The zero-order valence-corrected chi connectivity index (χ0v) is 14.6. The molecule has 5 heteroatoms. The number of hydrogen-bond donors (Lipinski definition) is 2. The molecule has 2 heterocycles. The van der Waals surface area contributed by atoms with E-state index in [0.717, 1.165) is 44.3 Å². The summed E-state index contributed by atoms with van der Waals surface area (Å²) in [5, 5.41) is 12.8. The van der Waals surface area contributed by atoms with Gasteiger partial charge in [0.25, 0.3) is 0 Å². The van der Waals surface area contributed by atoms with Crippen LogP contribution in [0.3, 0.4) is 0 Å². The molecule has 0 radical (unpaired) electrons. The van der Waals surface area contributed by atoms with Crippen molar-refractivity contribution in [3.63, 3.8) is 0 Å². The molecule has 2 N–H and O–H groups in total. The first kappa shape index (κ1) is 17.5. The highest BCUT2D eigenvalue weighted by Crippen LogP contribution is 2.26. The summed E-state index contributed by atoms with van der Waals surface area (Å²) in [4.78, 5) is 16.5. The molecule has 0 saturated carbocycles. The van der Waals surface area contributed by atoms with Gasteiger partial charge >= 0.3 is 6.03 Å². The molecule has 0 spiro atoms. The Morgan fingerprint density at radius 2 is 1.86 bits per heavy atom. The number of hydrogen-bond acceptors (Lipinski definition) is 3. The third kappa shape index (κ3) is 4.59. The number of carbonyl (C=O) groups is 1. The maximum atomic E-state index is 12.3. The number of piperidine rings is 2. The molecule has 3 atom stereocenters. The van der Waals surface area contributed by atoms with E-state index in [9.17, 15) is 9.90 Å². The van der Waals surface area contributed by atoms with Crippen molar-refractivity contribution in [3.8, 4) is 0 Å². The van der Waals surface area contributed by atoms with E-state index in [2.05, 4.69) is 37.9 Å². The Hall–Kier alpha value is -0.810. The molecule has 2 aliphatic heterocycles. The molecule has 0 aliphatic carbocycles. The minimum absolute atomic E-state index is 0.0347. The Labute approximate surface area is 135 Å². The molecule has 0 bridgehead atoms. The molecule has 0 aromatic heterocycles. The van der Waals surface area contributed by atoms with Gasteiger partial charge in [0.2, 0.25) is 0 Å². The lowest BCUT2D eigenvalue weighted by atomic mass is 9.88. The van der Waals surface area contributed by atoms with Crippen LogP contribution in [-0.4, -0.2) is 65.3 Å². The minimum Gasteiger partial charge on any atom is -0.391 e. The van der Waals surface area contributed by atoms with Crippen molar-refractivity contribution >= 4 is 6.03 Å². The summed E-state index contributed by atoms with van der Waals surface area (Å²) in [7, 11) is 0. The van der Waals surface area contributed by atoms with Crippen LogP contribution in [0.1, 0.15) is 47.0 Å². The zero-order valence-electron chi connectivity index (χ0n) is 14.6. The van der Waals surface area contributed by atoms with Crippen molar-refractivity contribution in [2.75, 3.05) is 32.7 Å². The van der Waals surface area contributed by atoms with Crippen LogP contribution < -0.4 is 5.32 Å². The molecule has 22 heavy (non-hydrogen) atoms. The standard InChI is InChI=1S/C17H33N3O2/c1-13-8-14(2)10-20(9-13)17(3,4)12-18-16(22)19-7-5-6-15(21)11-19/h13-15,21H,5-12H2,1-4H3,(H,18,22). The average molecular weight is 311 g/mol. The van der Waals surface area contributed by atoms with E-state index in [1.807, 2.05) is 0 Å². The van der Waals surface area contributed by atoms with Crippen molar-refractivity contribution in [1.82, 2.24) is 15.1 Å². The molecule has 0 aromatic carbocycles. The van der Waals surface area contributed by atoms with Gasteiger partial charge in [-0.1, -0.05) is 13.8 Å². The van der Waals surface area contributed by atoms with Crippen LogP contribution in [0.4, 0.5) is 4.79 Å². The number of aliphatic hydroxyl groups is 1. The van der Waals surface area contributed by atoms with Crippen LogP contribution in [0, 0.1) is 11.8 Å². The lowest BCUT2D eigenvalue weighted by Crippen LogP contribution is -2.57. The second-order valence-corrected chi connectivity index (χ2v) is 8.06. The predicted molar refractivity (Wildman–Crippen MR) is 88.8 cm³/mol. The van der Waals surface area contributed by atoms with E-state index in [-0.39, 0.29) is 17.7 Å². The van der Waals surface area contributed by atoms with E-state index in [0.29, 0.717) is 13.1 Å². The lowest BCUT2D eigenvalue weighted by molar-refractivity contribution is 0.0444. The van der Waals surface area contributed by atoms with Crippen LogP contribution >= 0.6 is 0 Å². The van der Waals surface area contributed by atoms with Gasteiger partial charge in [0.05, 0.1) is 6.10 Å². The number of carbonyl (C=O) groups excluding carboxylic acids is 1. The quantitative estimate of drug-likeness (QED) is 0.837. The van der Waals surface area contributed by atoms with Crippen molar-refractivity contribution in [2.24, 2.45) is 11.8 Å². The number of rotatable bonds is 3. The molecular formula is C17H33N3O2. The summed E-state index contributed by atoms with van der Waals surface area (Å²) in [6, 6.07) is -0.0371. The van der Waals surface area contributed by atoms with E-state index < -0.39 is 0 Å². The Morgan fingerprint density at radius 1 is 1.23 bits per heavy atom. The number of likely N-dealkylation sites (tertiary alicyclic amines) is 2. The fraction of sp³-hybridized carbons (Fsp3) is 0.941. The highest BCUT2D eigenvalue weighted by atomic mass is 16.3. The predicted octanol–water partition coefficient (Wildman–Crippen LogP) is 1.91. The molecular weight excluding hydrogens is 278 g/mol. The van der Waals surface area contributed by atoms with Gasteiger partial charge in [0.1, 0.15) is 0 Å². The summed E-state index contributed by atoms with van der Waals surface area (Å²) in [6.45, 7) is 13.1. The average Bonchev–Trinajstić information content (AvgIpc) is 2.44. The largest absolute Gasteiger partial charge is 0.391 e. The first-order chi connectivity index (χ1) is 10.3. The van der Waals surface area contributed by atoms with E-state index >= 15 is 0 Å². The molecule has 2 saturated heterocycles. The number of β-amino-alcohol motifs (C(OH)–C–C–N with tert-alkyl or cyclic N) is 1. The van der Waals surface area contributed by atoms with Crippen molar-refractivity contribution in [3.05, 3.63) is 0 Å². The number of aliphatic hydroxyl groups excluding tert-OH is 1. The maximum absolute atomic E-state index is 12.3. The van der Waals surface area contributed by atoms with Crippen molar-refractivity contribution in [1.29, 1.82) is 0 Å². The normalized spacial score (nSPS) is 31.1. The first-order valence-corrected chi connectivity index (χ1v) is 8.74. The van der Waals surface area contributed by atoms with Gasteiger partial charge in [-0.05, 0) is 44.9 Å². The maximum Gasteiger partial charge on any atom is 0.317 e. The SMILES string of the molecule is CC1CC(C)CN(C(C)(C)CNC(=O)N2CCCC(O)C2)C1. The van der Waals surface area contributed by atoms with E-state index in [1.165, 1.54) is 6.42 Å². The van der Waals surface area contributed by atoms with Gasteiger partial charge in [0, 0.05) is 38.3 Å². The van der Waals surface area contributed by atoms with Gasteiger partial charge in [-0.3, -0.25) is 4.90 Å². The van der Waals surface area contributed by atoms with Crippen molar-refractivity contribution < 1.29 is 9.90 Å². The zero-order chi connectivity index (χ0) is 16.3. The topological polar surface area (TPSA) is 55.8 Å². The molecule has 2 rings (SSSR count). The highest BCUT2D eigenvalue weighted by molar-refractivity contribution is 5.74. The molecule has 5 nitrogen and oxygen atoms in total. The molecule has 2 aliphatic rings. The van der Waals surface area contributed by atoms with Crippen molar-refractivity contribution in [2.45, 2.75) is 58.6 Å². The number of amides is 2. The summed E-state index contributed by atoms with van der Waals surface area (Å²) in [5.41, 5.74) is -0.0347. The Bertz CT molecular complexity index is 376. The highest BCUT2D eigenvalue weighted by Gasteiger charge is 2.33. The molecule has 3 unspecified atom stereocenters. The van der Waals surface area contributed by atoms with Gasteiger partial charge in [-0.25, -0.2) is 4.79 Å². The molecule has 2 amide bonds. The fourth-order valence-corrected chi connectivity index (χ4v) is 3.81. The van der Waals surface area contributed by atoms with Gasteiger partial charge in [0.15, 0.2) is 0 Å². The number of urea groups is 1. The minimum atomic E-state index is -0.365. The Balaban J connectivity index is 1.84. The van der Waals surface area contributed by atoms with Gasteiger partial charge in [-0.15, -0.1) is 0 Å². The Kier molecular flexibility index (Phi) is 5.72. The third-order valence-corrected chi connectivity index (χ3v) is 5.08. The lowest BCUT2D eigenvalue weighted by Gasteiger charge is -2.45. The van der Waals surface area contributed by atoms with Gasteiger partial charge in [-0.2, -0.15) is 0 Å². The second-order valence-electron chi connectivity index (χ2n) is 8.06. The Morgan fingerprint density at radius 3 is 2.45 bits per heavy atom. The third-order valence-electron chi connectivity index (χ3n) is 5.08. The molecule has 2 fully saturated rings. The van der Waals surface area contributed by atoms with Gasteiger partial charge < -0.3 is 15.3 Å². The number of nitrogens with one attached hydrogen (secondary N) is 1. The monoisotopic (exact) mass is 311 g/mol. The van der Waals surface area contributed by atoms with Crippen LogP contribution in [0.5, 0.6) is 0 Å². The summed E-state index contributed by atoms with van der Waals surface area (Å²) >= 11 is 0. The van der Waals surface area contributed by atoms with Crippen LogP contribution in [0.15, 0.2) is 0 Å². The smallest absolute Gasteiger partial charge is 0.317 e.